The summed E-state index contributed by atoms with van der Waals surface area (Å²) in [5.74, 6) is 7.88. The van der Waals surface area contributed by atoms with Gasteiger partial charge < -0.3 is 10.4 Å². The summed E-state index contributed by atoms with van der Waals surface area (Å²) in [4.78, 5) is 31.9. The highest BCUT2D eigenvalue weighted by Gasteiger charge is 2.19. The highest BCUT2D eigenvalue weighted by molar-refractivity contribution is 7.98. The fraction of sp³-hybridized carbons (Fsp3) is 0.350. The maximum atomic E-state index is 12.5. The lowest BCUT2D eigenvalue weighted by Gasteiger charge is -2.06. The molecule has 0 spiro atoms. The molecule has 4 rings (SSSR count). The number of fused-ring (bicyclic) bond motifs is 1. The molecule has 31 heavy (non-hydrogen) atoms. The molecule has 0 amide bonds. The Labute approximate surface area is 182 Å². The Kier molecular flexibility index (Phi) is 5.94. The third-order valence-corrected chi connectivity index (χ3v) is 5.98. The number of unbranched alkanes of at least 4 members (excludes halogenated alkanes) is 1. The summed E-state index contributed by atoms with van der Waals surface area (Å²) in [6.07, 6.45) is 1.75. The second-order valence-electron chi connectivity index (χ2n) is 7.04. The maximum absolute atomic E-state index is 12.5. The quantitative estimate of drug-likeness (QED) is 0.316. The number of thioether (sulfide) groups is 1. The molecule has 0 bridgehead atoms. The van der Waals surface area contributed by atoms with E-state index in [0.717, 1.165) is 18.4 Å². The van der Waals surface area contributed by atoms with Gasteiger partial charge in [-0.05, 0) is 13.3 Å². The minimum absolute atomic E-state index is 0.410. The van der Waals surface area contributed by atoms with Gasteiger partial charge in [0.2, 0.25) is 5.16 Å². The molecule has 0 fully saturated rings. The van der Waals surface area contributed by atoms with Crippen molar-refractivity contribution in [3.05, 3.63) is 57.0 Å². The molecular formula is C20H24N8O2S. The van der Waals surface area contributed by atoms with Gasteiger partial charge in [-0.1, -0.05) is 55.4 Å². The van der Waals surface area contributed by atoms with Crippen molar-refractivity contribution in [1.82, 2.24) is 34.0 Å². The van der Waals surface area contributed by atoms with Crippen LogP contribution < -0.4 is 17.1 Å². The topological polar surface area (TPSA) is 129 Å². The van der Waals surface area contributed by atoms with E-state index in [1.807, 2.05) is 48.7 Å². The maximum Gasteiger partial charge on any atom is 0.330 e. The third-order valence-electron chi connectivity index (χ3n) is 5.04. The number of aromatic amines is 1. The molecule has 3 N–H and O–H groups in total. The molecule has 3 heterocycles. The van der Waals surface area contributed by atoms with E-state index in [4.69, 9.17) is 5.84 Å². The molecule has 0 aliphatic carbocycles. The number of rotatable bonds is 8. The summed E-state index contributed by atoms with van der Waals surface area (Å²) in [6, 6.07) is 9.58. The summed E-state index contributed by atoms with van der Waals surface area (Å²) >= 11 is 1.38. The van der Waals surface area contributed by atoms with Crippen molar-refractivity contribution in [1.29, 1.82) is 0 Å². The average Bonchev–Trinajstić information content (AvgIpc) is 3.33. The van der Waals surface area contributed by atoms with Gasteiger partial charge in [-0.2, -0.15) is 0 Å². The van der Waals surface area contributed by atoms with E-state index in [9.17, 15) is 9.59 Å². The highest BCUT2D eigenvalue weighted by Crippen LogP contribution is 2.25. The van der Waals surface area contributed by atoms with Gasteiger partial charge in [-0.25, -0.2) is 14.5 Å². The van der Waals surface area contributed by atoms with Crippen LogP contribution in [0.25, 0.3) is 22.6 Å². The number of hydrogen-bond acceptors (Lipinski definition) is 7. The van der Waals surface area contributed by atoms with Crippen molar-refractivity contribution in [2.75, 3.05) is 5.84 Å². The van der Waals surface area contributed by atoms with Gasteiger partial charge in [0, 0.05) is 18.7 Å². The predicted molar refractivity (Wildman–Crippen MR) is 120 cm³/mol. The van der Waals surface area contributed by atoms with Crippen LogP contribution in [-0.4, -0.2) is 34.0 Å². The summed E-state index contributed by atoms with van der Waals surface area (Å²) < 4.78 is 4.82. The zero-order valence-corrected chi connectivity index (χ0v) is 18.2. The molecule has 0 saturated carbocycles. The Morgan fingerprint density at radius 3 is 2.58 bits per heavy atom. The van der Waals surface area contributed by atoms with Crippen LogP contribution >= 0.6 is 11.8 Å². The number of hydrogen-bond donors (Lipinski definition) is 2. The van der Waals surface area contributed by atoms with Crippen LogP contribution in [0.1, 0.15) is 32.5 Å². The van der Waals surface area contributed by atoms with Gasteiger partial charge >= 0.3 is 5.69 Å². The second kappa shape index (κ2) is 8.80. The van der Waals surface area contributed by atoms with Crippen LogP contribution in [0.3, 0.4) is 0 Å². The van der Waals surface area contributed by atoms with E-state index in [2.05, 4.69) is 20.2 Å². The molecule has 0 radical (unpaired) electrons. The summed E-state index contributed by atoms with van der Waals surface area (Å²) in [6.45, 7) is 5.04. The van der Waals surface area contributed by atoms with Gasteiger partial charge in [0.05, 0.1) is 5.75 Å². The average molecular weight is 441 g/mol. The van der Waals surface area contributed by atoms with Crippen LogP contribution in [0.5, 0.6) is 0 Å². The summed E-state index contributed by atoms with van der Waals surface area (Å²) in [5, 5.41) is 8.93. The molecule has 4 aromatic rings. The van der Waals surface area contributed by atoms with Crippen LogP contribution in [0.4, 0.5) is 0 Å². The molecule has 0 aliphatic rings. The molecule has 11 heteroatoms. The lowest BCUT2D eigenvalue weighted by molar-refractivity contribution is 0.613. The fourth-order valence-corrected chi connectivity index (χ4v) is 4.28. The number of H-pyrrole nitrogens is 1. The predicted octanol–water partition coefficient (Wildman–Crippen LogP) is 1.97. The lowest BCUT2D eigenvalue weighted by Crippen LogP contribution is -2.31. The first-order valence-corrected chi connectivity index (χ1v) is 11.1. The van der Waals surface area contributed by atoms with Crippen molar-refractivity contribution < 1.29 is 0 Å². The Bertz CT molecular complexity index is 1320. The SMILES string of the molecule is CCCCn1c(=O)[nH]c(=O)c2c1nc(CSc1nnc(-c3ccccc3)n1N)n2CC. The first-order valence-electron chi connectivity index (χ1n) is 10.2. The Balaban J connectivity index is 1.68. The van der Waals surface area contributed by atoms with Gasteiger partial charge in [0.1, 0.15) is 5.82 Å². The number of aromatic nitrogens is 7. The number of aryl methyl sites for hydroxylation is 2. The molecular weight excluding hydrogens is 416 g/mol. The van der Waals surface area contributed by atoms with E-state index in [1.54, 1.807) is 4.57 Å². The number of nitrogens with one attached hydrogen (secondary N) is 1. The fourth-order valence-electron chi connectivity index (χ4n) is 3.48. The molecule has 1 aromatic carbocycles. The standard InChI is InChI=1S/C20H24N8O2S/c1-3-5-11-27-17-15(18(29)23-19(27)30)26(4-2)14(22-17)12-31-20-25-24-16(28(20)21)13-9-7-6-8-10-13/h6-10H,3-5,11-12,21H2,1-2H3,(H,23,29,30). The minimum Gasteiger partial charge on any atom is -0.335 e. The van der Waals surface area contributed by atoms with Crippen LogP contribution in [0, 0.1) is 0 Å². The van der Waals surface area contributed by atoms with Crippen molar-refractivity contribution in [3.63, 3.8) is 0 Å². The molecule has 0 saturated heterocycles. The number of benzene rings is 1. The monoisotopic (exact) mass is 440 g/mol. The Hall–Kier alpha value is -3.34. The van der Waals surface area contributed by atoms with Crippen molar-refractivity contribution in [2.45, 2.75) is 50.7 Å². The van der Waals surface area contributed by atoms with Crippen molar-refractivity contribution in [3.8, 4) is 11.4 Å². The molecule has 10 nitrogen and oxygen atoms in total. The summed E-state index contributed by atoms with van der Waals surface area (Å²) in [5.41, 5.74) is 0.843. The van der Waals surface area contributed by atoms with Gasteiger partial charge in [-0.15, -0.1) is 10.2 Å². The van der Waals surface area contributed by atoms with E-state index in [-0.39, 0.29) is 0 Å². The highest BCUT2D eigenvalue weighted by atomic mass is 32.2. The van der Waals surface area contributed by atoms with E-state index < -0.39 is 11.2 Å². The first-order chi connectivity index (χ1) is 15.0. The summed E-state index contributed by atoms with van der Waals surface area (Å²) in [7, 11) is 0. The van der Waals surface area contributed by atoms with E-state index in [0.29, 0.717) is 46.8 Å². The van der Waals surface area contributed by atoms with Crippen LogP contribution in [0.2, 0.25) is 0 Å². The normalized spacial score (nSPS) is 11.4. The van der Waals surface area contributed by atoms with Crippen LogP contribution in [-0.2, 0) is 18.8 Å². The number of nitrogens with zero attached hydrogens (tertiary/aromatic N) is 6. The largest absolute Gasteiger partial charge is 0.335 e. The minimum atomic E-state index is -0.430. The van der Waals surface area contributed by atoms with Gasteiger partial charge in [-0.3, -0.25) is 14.3 Å². The second-order valence-corrected chi connectivity index (χ2v) is 7.98. The zero-order chi connectivity index (χ0) is 22.0. The smallest absolute Gasteiger partial charge is 0.330 e. The van der Waals surface area contributed by atoms with Crippen molar-refractivity contribution in [2.24, 2.45) is 0 Å². The van der Waals surface area contributed by atoms with Crippen molar-refractivity contribution >= 4 is 22.9 Å². The van der Waals surface area contributed by atoms with Crippen LogP contribution in [0.15, 0.2) is 45.1 Å². The number of nitrogens with two attached hydrogens (primary N) is 1. The molecule has 3 aromatic heterocycles. The molecule has 0 aliphatic heterocycles. The molecule has 162 valence electrons. The molecule has 0 atom stereocenters. The number of imidazole rings is 1. The first kappa shape index (κ1) is 20.9. The zero-order valence-electron chi connectivity index (χ0n) is 17.4. The molecule has 0 unspecified atom stereocenters. The third kappa shape index (κ3) is 3.88. The van der Waals surface area contributed by atoms with E-state index in [1.165, 1.54) is 16.4 Å². The lowest BCUT2D eigenvalue weighted by atomic mass is 10.2. The van der Waals surface area contributed by atoms with Gasteiger partial charge in [0.15, 0.2) is 17.0 Å². The van der Waals surface area contributed by atoms with E-state index >= 15 is 0 Å². The Morgan fingerprint density at radius 1 is 1.10 bits per heavy atom. The number of nitrogen functional groups attached to an aromatic ring is 1. The Morgan fingerprint density at radius 2 is 1.87 bits per heavy atom. The van der Waals surface area contributed by atoms with Gasteiger partial charge in [0.25, 0.3) is 5.56 Å².